The van der Waals surface area contributed by atoms with E-state index in [1.165, 1.54) is 11.1 Å². The first-order valence-electron chi connectivity index (χ1n) is 10.2. The van der Waals surface area contributed by atoms with Crippen LogP contribution in [-0.2, 0) is 19.6 Å². The van der Waals surface area contributed by atoms with Crippen LogP contribution in [0.2, 0.25) is 0 Å². The lowest BCUT2D eigenvalue weighted by molar-refractivity contribution is 0.261. The Bertz CT molecular complexity index is 829. The Morgan fingerprint density at radius 2 is 1.96 bits per heavy atom. The highest BCUT2D eigenvalue weighted by Crippen LogP contribution is 2.28. The van der Waals surface area contributed by atoms with Gasteiger partial charge in [0, 0.05) is 12.1 Å². The summed E-state index contributed by atoms with van der Waals surface area (Å²) in [7, 11) is 0. The van der Waals surface area contributed by atoms with Crippen molar-refractivity contribution < 1.29 is 14.9 Å². The van der Waals surface area contributed by atoms with Gasteiger partial charge in [-0.3, -0.25) is 0 Å². The lowest BCUT2D eigenvalue weighted by Crippen LogP contribution is -2.28. The van der Waals surface area contributed by atoms with Gasteiger partial charge in [-0.05, 0) is 59.7 Å². The van der Waals surface area contributed by atoms with Crippen molar-refractivity contribution in [3.63, 3.8) is 0 Å². The number of aryl methyl sites for hydroxylation is 1. The van der Waals surface area contributed by atoms with Gasteiger partial charge in [-0.1, -0.05) is 43.7 Å². The van der Waals surface area contributed by atoms with Crippen molar-refractivity contribution in [1.29, 1.82) is 0 Å². The molecule has 150 valence electrons. The molecule has 0 bridgehead atoms. The highest BCUT2D eigenvalue weighted by Gasteiger charge is 2.19. The first-order chi connectivity index (χ1) is 13.7. The summed E-state index contributed by atoms with van der Waals surface area (Å²) in [5.74, 6) is 0.761. The summed E-state index contributed by atoms with van der Waals surface area (Å²) in [5.41, 5.74) is 6.57. The number of rotatable bonds is 8. The van der Waals surface area contributed by atoms with Crippen molar-refractivity contribution in [3.8, 4) is 5.75 Å². The number of unbranched alkanes of at least 4 members (excludes halogenated alkanes) is 1. The predicted molar refractivity (Wildman–Crippen MR) is 113 cm³/mol. The molecule has 1 heterocycles. The number of hydrogen-bond donors (Lipinski definition) is 3. The quantitative estimate of drug-likeness (QED) is 0.604. The summed E-state index contributed by atoms with van der Waals surface area (Å²) in [6, 6.07) is 10.4. The van der Waals surface area contributed by atoms with Gasteiger partial charge in [0.1, 0.15) is 5.75 Å². The predicted octanol–water partition coefficient (Wildman–Crippen LogP) is 4.06. The second-order valence-corrected chi connectivity index (χ2v) is 7.40. The molecule has 0 radical (unpaired) electrons. The average molecular weight is 382 g/mol. The van der Waals surface area contributed by atoms with Gasteiger partial charge in [0.25, 0.3) is 0 Å². The molecule has 1 aliphatic heterocycles. The molecule has 2 aromatic rings. The van der Waals surface area contributed by atoms with E-state index in [1.807, 2.05) is 18.2 Å². The zero-order valence-corrected chi connectivity index (χ0v) is 16.9. The van der Waals surface area contributed by atoms with Crippen molar-refractivity contribution in [2.45, 2.75) is 52.4 Å². The molecule has 4 heteroatoms. The van der Waals surface area contributed by atoms with Gasteiger partial charge in [0.2, 0.25) is 0 Å². The van der Waals surface area contributed by atoms with E-state index in [2.05, 4.69) is 43.4 Å². The third-order valence-electron chi connectivity index (χ3n) is 5.35. The molecular formula is C24H31NO3. The number of aliphatic hydroxyl groups is 2. The number of hydrogen-bond acceptors (Lipinski definition) is 4. The maximum absolute atomic E-state index is 9.69. The Kier molecular flexibility index (Phi) is 7.26. The standard InChI is InChI=1S/C24H31NO3/c1-3-4-11-28-24-8-6-18(13-21(24)16-27)5-7-23-22-14-20(15-26)17(2)12-19(22)9-10-25-23/h5-8,12-14,23,25-27H,3-4,9-11,15-16H2,1-2H3/b7-5+. The van der Waals surface area contributed by atoms with E-state index < -0.39 is 0 Å². The van der Waals surface area contributed by atoms with Crippen LogP contribution >= 0.6 is 0 Å². The molecule has 2 aromatic carbocycles. The van der Waals surface area contributed by atoms with Crippen LogP contribution in [-0.4, -0.2) is 23.4 Å². The summed E-state index contributed by atoms with van der Waals surface area (Å²) in [6.45, 7) is 5.83. The minimum Gasteiger partial charge on any atom is -0.493 e. The molecule has 28 heavy (non-hydrogen) atoms. The normalized spacial score (nSPS) is 16.4. The fourth-order valence-corrected chi connectivity index (χ4v) is 3.65. The molecule has 0 amide bonds. The highest BCUT2D eigenvalue weighted by molar-refractivity contribution is 5.55. The van der Waals surface area contributed by atoms with Crippen molar-refractivity contribution in [2.75, 3.05) is 13.2 Å². The Hall–Kier alpha value is -2.14. The van der Waals surface area contributed by atoms with E-state index >= 15 is 0 Å². The molecule has 0 saturated heterocycles. The minimum absolute atomic E-state index is 0.0349. The van der Waals surface area contributed by atoms with Crippen LogP contribution in [0.4, 0.5) is 0 Å². The molecule has 1 aliphatic rings. The molecule has 0 spiro atoms. The summed E-state index contributed by atoms with van der Waals surface area (Å²) < 4.78 is 5.78. The monoisotopic (exact) mass is 381 g/mol. The second kappa shape index (κ2) is 9.87. The van der Waals surface area contributed by atoms with Gasteiger partial charge in [0.15, 0.2) is 0 Å². The van der Waals surface area contributed by atoms with E-state index in [1.54, 1.807) is 0 Å². The van der Waals surface area contributed by atoms with E-state index in [9.17, 15) is 10.2 Å². The number of nitrogens with one attached hydrogen (secondary N) is 1. The van der Waals surface area contributed by atoms with Crippen molar-refractivity contribution in [1.82, 2.24) is 5.32 Å². The van der Waals surface area contributed by atoms with Crippen molar-refractivity contribution in [2.24, 2.45) is 0 Å². The summed E-state index contributed by atoms with van der Waals surface area (Å²) in [4.78, 5) is 0. The van der Waals surface area contributed by atoms with Crippen molar-refractivity contribution in [3.05, 3.63) is 69.8 Å². The Labute approximate surface area is 167 Å². The molecule has 0 aliphatic carbocycles. The average Bonchev–Trinajstić information content (AvgIpc) is 2.72. The maximum atomic E-state index is 9.69. The van der Waals surface area contributed by atoms with Crippen LogP contribution in [0.25, 0.3) is 6.08 Å². The molecule has 4 nitrogen and oxygen atoms in total. The third kappa shape index (κ3) is 4.82. The van der Waals surface area contributed by atoms with E-state index in [-0.39, 0.29) is 19.3 Å². The smallest absolute Gasteiger partial charge is 0.124 e. The lowest BCUT2D eigenvalue weighted by Gasteiger charge is -2.26. The molecule has 1 unspecified atom stereocenters. The van der Waals surface area contributed by atoms with Crippen LogP contribution in [0.15, 0.2) is 36.4 Å². The van der Waals surface area contributed by atoms with Crippen molar-refractivity contribution >= 4 is 6.08 Å². The second-order valence-electron chi connectivity index (χ2n) is 7.40. The Balaban J connectivity index is 1.79. The van der Waals surface area contributed by atoms with Gasteiger partial charge >= 0.3 is 0 Å². The zero-order chi connectivity index (χ0) is 19.9. The summed E-state index contributed by atoms with van der Waals surface area (Å²) in [5, 5.41) is 22.8. The molecule has 0 aromatic heterocycles. The third-order valence-corrected chi connectivity index (χ3v) is 5.35. The summed E-state index contributed by atoms with van der Waals surface area (Å²) in [6.07, 6.45) is 7.34. The number of aliphatic hydroxyl groups excluding tert-OH is 2. The van der Waals surface area contributed by atoms with Gasteiger partial charge in [0.05, 0.1) is 25.9 Å². The number of benzene rings is 2. The van der Waals surface area contributed by atoms with Crippen LogP contribution in [0.1, 0.15) is 59.2 Å². The molecule has 3 rings (SSSR count). The van der Waals surface area contributed by atoms with Crippen LogP contribution in [0.3, 0.4) is 0 Å². The Morgan fingerprint density at radius 3 is 2.71 bits per heavy atom. The van der Waals surface area contributed by atoms with Crippen LogP contribution < -0.4 is 10.1 Å². The minimum atomic E-state index is -0.0349. The Morgan fingerprint density at radius 1 is 1.14 bits per heavy atom. The zero-order valence-electron chi connectivity index (χ0n) is 16.9. The molecule has 0 fully saturated rings. The molecular weight excluding hydrogens is 350 g/mol. The topological polar surface area (TPSA) is 61.7 Å². The number of fused-ring (bicyclic) bond motifs is 1. The SMILES string of the molecule is CCCCOc1ccc(/C=C/C2NCCc3cc(C)c(CO)cc32)cc1CO. The van der Waals surface area contributed by atoms with Gasteiger partial charge < -0.3 is 20.3 Å². The van der Waals surface area contributed by atoms with E-state index in [0.29, 0.717) is 6.61 Å². The number of ether oxygens (including phenoxy) is 1. The van der Waals surface area contributed by atoms with Gasteiger partial charge in [-0.15, -0.1) is 0 Å². The first kappa shape index (κ1) is 20.6. The largest absolute Gasteiger partial charge is 0.493 e. The molecule has 1 atom stereocenters. The van der Waals surface area contributed by atoms with Gasteiger partial charge in [-0.25, -0.2) is 0 Å². The maximum Gasteiger partial charge on any atom is 0.124 e. The van der Waals surface area contributed by atoms with Gasteiger partial charge in [-0.2, -0.15) is 0 Å². The molecule has 0 saturated carbocycles. The van der Waals surface area contributed by atoms with Crippen LogP contribution in [0, 0.1) is 6.92 Å². The van der Waals surface area contributed by atoms with Crippen LogP contribution in [0.5, 0.6) is 5.75 Å². The fraction of sp³-hybridized carbons (Fsp3) is 0.417. The fourth-order valence-electron chi connectivity index (χ4n) is 3.65. The lowest BCUT2D eigenvalue weighted by atomic mass is 9.90. The van der Waals surface area contributed by atoms with E-state index in [4.69, 9.17) is 4.74 Å². The molecule has 3 N–H and O–H groups in total. The van der Waals surface area contributed by atoms with E-state index in [0.717, 1.165) is 53.8 Å². The highest BCUT2D eigenvalue weighted by atomic mass is 16.5. The summed E-state index contributed by atoms with van der Waals surface area (Å²) >= 11 is 0. The first-order valence-corrected chi connectivity index (χ1v) is 10.2.